The summed E-state index contributed by atoms with van der Waals surface area (Å²) in [6, 6.07) is 9.20. The van der Waals surface area contributed by atoms with Crippen LogP contribution in [0.2, 0.25) is 0 Å². The van der Waals surface area contributed by atoms with Crippen LogP contribution < -0.4 is 9.47 Å². The van der Waals surface area contributed by atoms with Crippen LogP contribution in [0, 0.1) is 0 Å². The fourth-order valence-electron chi connectivity index (χ4n) is 1.74. The van der Waals surface area contributed by atoms with Gasteiger partial charge in [-0.05, 0) is 77.6 Å². The van der Waals surface area contributed by atoms with Crippen molar-refractivity contribution in [2.45, 2.75) is 6.61 Å². The largest absolute Gasteiger partial charge is 0.496 e. The SMILES string of the molecule is COc1ccc(COc2c(Br)cc(C=O)cc2Br)cc1Br. The van der Waals surface area contributed by atoms with Gasteiger partial charge in [-0.3, -0.25) is 4.79 Å². The van der Waals surface area contributed by atoms with Gasteiger partial charge in [0, 0.05) is 5.56 Å². The normalized spacial score (nSPS) is 10.3. The highest BCUT2D eigenvalue weighted by Gasteiger charge is 2.10. The fourth-order valence-corrected chi connectivity index (χ4v) is 3.78. The maximum atomic E-state index is 10.8. The van der Waals surface area contributed by atoms with E-state index < -0.39 is 0 Å². The maximum Gasteiger partial charge on any atom is 0.150 e. The van der Waals surface area contributed by atoms with Crippen molar-refractivity contribution in [3.63, 3.8) is 0 Å². The fraction of sp³-hybridized carbons (Fsp3) is 0.133. The standard InChI is InChI=1S/C15H11Br3O3/c1-20-14-3-2-9(4-11(14)16)8-21-15-12(17)5-10(7-19)6-13(15)18/h2-7H,8H2,1H3. The third-order valence-corrected chi connectivity index (χ3v) is 4.55. The second-order valence-electron chi connectivity index (χ2n) is 4.19. The van der Waals surface area contributed by atoms with Crippen LogP contribution in [0.25, 0.3) is 0 Å². The van der Waals surface area contributed by atoms with Crippen molar-refractivity contribution in [2.24, 2.45) is 0 Å². The Bertz CT molecular complexity index is 648. The van der Waals surface area contributed by atoms with Gasteiger partial charge in [-0.25, -0.2) is 0 Å². The molecule has 0 N–H and O–H groups in total. The van der Waals surface area contributed by atoms with Crippen molar-refractivity contribution in [1.82, 2.24) is 0 Å². The first kappa shape index (κ1) is 16.5. The van der Waals surface area contributed by atoms with E-state index in [9.17, 15) is 4.79 Å². The summed E-state index contributed by atoms with van der Waals surface area (Å²) < 4.78 is 13.3. The Kier molecular flexibility index (Phi) is 5.84. The highest BCUT2D eigenvalue weighted by molar-refractivity contribution is 9.11. The van der Waals surface area contributed by atoms with E-state index in [1.807, 2.05) is 18.2 Å². The molecule has 0 saturated carbocycles. The number of hydrogen-bond acceptors (Lipinski definition) is 3. The highest BCUT2D eigenvalue weighted by Crippen LogP contribution is 2.35. The minimum absolute atomic E-state index is 0.403. The van der Waals surface area contributed by atoms with Gasteiger partial charge in [-0.2, -0.15) is 0 Å². The molecular weight excluding hydrogens is 468 g/mol. The summed E-state index contributed by atoms with van der Waals surface area (Å²) in [6.45, 7) is 0.403. The molecule has 0 aliphatic carbocycles. The number of hydrogen-bond donors (Lipinski definition) is 0. The molecule has 3 nitrogen and oxygen atoms in total. The van der Waals surface area contributed by atoms with Crippen LogP contribution in [0.15, 0.2) is 43.7 Å². The zero-order valence-corrected chi connectivity index (χ0v) is 15.8. The van der Waals surface area contributed by atoms with Gasteiger partial charge in [-0.1, -0.05) is 6.07 Å². The van der Waals surface area contributed by atoms with E-state index in [2.05, 4.69) is 47.8 Å². The third kappa shape index (κ3) is 4.08. The van der Waals surface area contributed by atoms with E-state index in [0.29, 0.717) is 17.9 Å². The molecule has 0 fully saturated rings. The van der Waals surface area contributed by atoms with E-state index >= 15 is 0 Å². The van der Waals surface area contributed by atoms with Crippen molar-refractivity contribution in [1.29, 1.82) is 0 Å². The molecule has 0 spiro atoms. The molecule has 2 aromatic rings. The Morgan fingerprint density at radius 3 is 2.24 bits per heavy atom. The third-order valence-electron chi connectivity index (χ3n) is 2.76. The lowest BCUT2D eigenvalue weighted by Crippen LogP contribution is -1.98. The number of benzene rings is 2. The zero-order chi connectivity index (χ0) is 15.4. The summed E-state index contributed by atoms with van der Waals surface area (Å²) in [4.78, 5) is 10.8. The van der Waals surface area contributed by atoms with Gasteiger partial charge >= 0.3 is 0 Å². The number of ether oxygens (including phenoxy) is 2. The van der Waals surface area contributed by atoms with Gasteiger partial charge in [0.1, 0.15) is 24.4 Å². The Labute approximate surface area is 148 Å². The second kappa shape index (κ2) is 7.42. The van der Waals surface area contributed by atoms with Crippen molar-refractivity contribution in [3.8, 4) is 11.5 Å². The number of carbonyl (C=O) groups is 1. The Balaban J connectivity index is 2.16. The lowest BCUT2D eigenvalue weighted by atomic mass is 10.2. The smallest absolute Gasteiger partial charge is 0.150 e. The van der Waals surface area contributed by atoms with Crippen LogP contribution in [0.3, 0.4) is 0 Å². The molecule has 2 rings (SSSR count). The monoisotopic (exact) mass is 476 g/mol. The molecule has 0 saturated heterocycles. The Morgan fingerprint density at radius 1 is 1.05 bits per heavy atom. The van der Waals surface area contributed by atoms with E-state index in [-0.39, 0.29) is 0 Å². The van der Waals surface area contributed by atoms with Crippen molar-refractivity contribution < 1.29 is 14.3 Å². The van der Waals surface area contributed by atoms with E-state index in [1.54, 1.807) is 19.2 Å². The molecule has 0 atom stereocenters. The van der Waals surface area contributed by atoms with Crippen LogP contribution in [0.1, 0.15) is 15.9 Å². The first-order valence-corrected chi connectivity index (χ1v) is 8.32. The predicted molar refractivity (Wildman–Crippen MR) is 92.3 cm³/mol. The molecule has 0 bridgehead atoms. The molecule has 0 unspecified atom stereocenters. The van der Waals surface area contributed by atoms with Crippen molar-refractivity contribution in [3.05, 3.63) is 54.9 Å². The lowest BCUT2D eigenvalue weighted by molar-refractivity contribution is 0.112. The van der Waals surface area contributed by atoms with E-state index in [1.165, 1.54) is 0 Å². The lowest BCUT2D eigenvalue weighted by Gasteiger charge is -2.12. The summed E-state index contributed by atoms with van der Waals surface area (Å²) in [5.41, 5.74) is 1.58. The van der Waals surface area contributed by atoms with E-state index in [0.717, 1.165) is 31.0 Å². The quantitative estimate of drug-likeness (QED) is 0.542. The Hall–Kier alpha value is -0.850. The number of rotatable bonds is 5. The number of methoxy groups -OCH3 is 1. The molecule has 110 valence electrons. The molecule has 0 aliphatic heterocycles. The molecular formula is C15H11Br3O3. The number of carbonyl (C=O) groups excluding carboxylic acids is 1. The van der Waals surface area contributed by atoms with Crippen LogP contribution in [-0.4, -0.2) is 13.4 Å². The van der Waals surface area contributed by atoms with Crippen molar-refractivity contribution in [2.75, 3.05) is 7.11 Å². The van der Waals surface area contributed by atoms with Crippen LogP contribution >= 0.6 is 47.8 Å². The molecule has 0 radical (unpaired) electrons. The van der Waals surface area contributed by atoms with Gasteiger partial charge < -0.3 is 9.47 Å². The summed E-state index contributed by atoms with van der Waals surface area (Å²) in [6.07, 6.45) is 0.792. The minimum Gasteiger partial charge on any atom is -0.496 e. The van der Waals surface area contributed by atoms with Gasteiger partial charge in [0.2, 0.25) is 0 Å². The summed E-state index contributed by atoms with van der Waals surface area (Å²) in [5, 5.41) is 0. The topological polar surface area (TPSA) is 35.5 Å². The van der Waals surface area contributed by atoms with Gasteiger partial charge in [0.15, 0.2) is 0 Å². The molecule has 0 aliphatic rings. The van der Waals surface area contributed by atoms with Gasteiger partial charge in [0.25, 0.3) is 0 Å². The summed E-state index contributed by atoms with van der Waals surface area (Å²) in [5.74, 6) is 1.43. The predicted octanol–water partition coefficient (Wildman–Crippen LogP) is 5.37. The van der Waals surface area contributed by atoms with E-state index in [4.69, 9.17) is 9.47 Å². The summed E-state index contributed by atoms with van der Waals surface area (Å²) >= 11 is 10.3. The molecule has 21 heavy (non-hydrogen) atoms. The molecule has 6 heteroatoms. The summed E-state index contributed by atoms with van der Waals surface area (Å²) in [7, 11) is 1.62. The number of aldehydes is 1. The van der Waals surface area contributed by atoms with Gasteiger partial charge in [0.05, 0.1) is 20.5 Å². The average molecular weight is 479 g/mol. The molecule has 0 amide bonds. The molecule has 0 heterocycles. The van der Waals surface area contributed by atoms with Crippen LogP contribution in [-0.2, 0) is 6.61 Å². The first-order chi connectivity index (χ1) is 10.0. The average Bonchev–Trinajstić information content (AvgIpc) is 2.46. The maximum absolute atomic E-state index is 10.8. The first-order valence-electron chi connectivity index (χ1n) is 5.94. The second-order valence-corrected chi connectivity index (χ2v) is 6.75. The minimum atomic E-state index is 0.403. The van der Waals surface area contributed by atoms with Crippen molar-refractivity contribution >= 4 is 54.1 Å². The number of halogens is 3. The molecule has 0 aromatic heterocycles. The van der Waals surface area contributed by atoms with Gasteiger partial charge in [-0.15, -0.1) is 0 Å². The zero-order valence-electron chi connectivity index (χ0n) is 11.0. The molecule has 2 aromatic carbocycles. The Morgan fingerprint density at radius 2 is 1.71 bits per heavy atom. The van der Waals surface area contributed by atoms with Crippen LogP contribution in [0.4, 0.5) is 0 Å². The van der Waals surface area contributed by atoms with Crippen LogP contribution in [0.5, 0.6) is 11.5 Å². The highest BCUT2D eigenvalue weighted by atomic mass is 79.9.